The first-order valence-electron chi connectivity index (χ1n) is 5.30. The SMILES string of the molecule is CC(C(=O)O)N1C[C@H]2CC=CC[C@H]2C1. The van der Waals surface area contributed by atoms with Crippen molar-refractivity contribution in [2.75, 3.05) is 13.1 Å². The Labute approximate surface area is 84.4 Å². The van der Waals surface area contributed by atoms with Gasteiger partial charge in [0.05, 0.1) is 0 Å². The Balaban J connectivity index is 1.98. The van der Waals surface area contributed by atoms with Crippen molar-refractivity contribution in [2.45, 2.75) is 25.8 Å². The van der Waals surface area contributed by atoms with Crippen LogP contribution in [-0.2, 0) is 4.79 Å². The fourth-order valence-electron chi connectivity index (χ4n) is 2.52. The molecule has 0 aromatic carbocycles. The zero-order chi connectivity index (χ0) is 10.1. The molecule has 0 aromatic heterocycles. The second-order valence-corrected chi connectivity index (χ2v) is 4.43. The van der Waals surface area contributed by atoms with E-state index >= 15 is 0 Å². The smallest absolute Gasteiger partial charge is 0.320 e. The Hall–Kier alpha value is -0.830. The van der Waals surface area contributed by atoms with Crippen molar-refractivity contribution >= 4 is 5.97 Å². The van der Waals surface area contributed by atoms with Crippen molar-refractivity contribution in [1.29, 1.82) is 0 Å². The summed E-state index contributed by atoms with van der Waals surface area (Å²) in [6, 6.07) is -0.319. The number of carbonyl (C=O) groups is 1. The van der Waals surface area contributed by atoms with Gasteiger partial charge in [-0.3, -0.25) is 9.69 Å². The standard InChI is InChI=1S/C11H17NO2/c1-8(11(13)14)12-6-9-4-2-3-5-10(9)7-12/h2-3,8-10H,4-7H2,1H3,(H,13,14)/t8?,9-,10+. The zero-order valence-electron chi connectivity index (χ0n) is 8.52. The summed E-state index contributed by atoms with van der Waals surface area (Å²) >= 11 is 0. The Morgan fingerprint density at radius 1 is 1.36 bits per heavy atom. The molecular formula is C11H17NO2. The lowest BCUT2D eigenvalue weighted by atomic mass is 9.86. The van der Waals surface area contributed by atoms with Crippen molar-refractivity contribution in [1.82, 2.24) is 4.90 Å². The van der Waals surface area contributed by atoms with Crippen LogP contribution in [0.4, 0.5) is 0 Å². The van der Waals surface area contributed by atoms with Crippen LogP contribution in [0.15, 0.2) is 12.2 Å². The van der Waals surface area contributed by atoms with E-state index < -0.39 is 5.97 Å². The monoisotopic (exact) mass is 195 g/mol. The van der Waals surface area contributed by atoms with Crippen molar-refractivity contribution in [3.63, 3.8) is 0 Å². The number of fused-ring (bicyclic) bond motifs is 1. The van der Waals surface area contributed by atoms with Crippen LogP contribution in [0.5, 0.6) is 0 Å². The van der Waals surface area contributed by atoms with Gasteiger partial charge in [0.25, 0.3) is 0 Å². The molecule has 1 aliphatic heterocycles. The predicted octanol–water partition coefficient (Wildman–Crippen LogP) is 1.36. The highest BCUT2D eigenvalue weighted by atomic mass is 16.4. The first-order valence-corrected chi connectivity index (χ1v) is 5.30. The third kappa shape index (κ3) is 1.69. The molecule has 0 saturated carbocycles. The molecule has 1 unspecified atom stereocenters. The largest absolute Gasteiger partial charge is 0.480 e. The molecular weight excluding hydrogens is 178 g/mol. The highest BCUT2D eigenvalue weighted by molar-refractivity contribution is 5.72. The molecule has 0 spiro atoms. The summed E-state index contributed by atoms with van der Waals surface area (Å²) in [7, 11) is 0. The van der Waals surface area contributed by atoms with Gasteiger partial charge in [-0.05, 0) is 31.6 Å². The molecule has 1 saturated heterocycles. The minimum atomic E-state index is -0.698. The van der Waals surface area contributed by atoms with E-state index in [0.717, 1.165) is 25.9 Å². The van der Waals surface area contributed by atoms with E-state index in [4.69, 9.17) is 5.11 Å². The molecule has 3 heteroatoms. The van der Waals surface area contributed by atoms with Crippen LogP contribution in [0, 0.1) is 11.8 Å². The second kappa shape index (κ2) is 3.73. The topological polar surface area (TPSA) is 40.5 Å². The van der Waals surface area contributed by atoms with E-state index in [1.165, 1.54) is 0 Å². The minimum absolute atomic E-state index is 0.319. The molecule has 2 rings (SSSR count). The number of hydrogen-bond acceptors (Lipinski definition) is 2. The van der Waals surface area contributed by atoms with Crippen LogP contribution >= 0.6 is 0 Å². The van der Waals surface area contributed by atoms with Gasteiger partial charge in [-0.1, -0.05) is 12.2 Å². The number of likely N-dealkylation sites (tertiary alicyclic amines) is 1. The molecule has 1 fully saturated rings. The Bertz CT molecular complexity index is 246. The molecule has 3 atom stereocenters. The highest BCUT2D eigenvalue weighted by Crippen LogP contribution is 2.33. The molecule has 1 heterocycles. The fraction of sp³-hybridized carbons (Fsp3) is 0.727. The molecule has 1 aliphatic carbocycles. The van der Waals surface area contributed by atoms with Gasteiger partial charge in [0.15, 0.2) is 0 Å². The molecule has 0 aromatic rings. The summed E-state index contributed by atoms with van der Waals surface area (Å²) in [5.74, 6) is 0.695. The van der Waals surface area contributed by atoms with Crippen LogP contribution in [0.25, 0.3) is 0 Å². The summed E-state index contributed by atoms with van der Waals surface area (Å²) in [4.78, 5) is 12.9. The van der Waals surface area contributed by atoms with E-state index in [0.29, 0.717) is 11.8 Å². The molecule has 0 radical (unpaired) electrons. The third-order valence-corrected chi connectivity index (χ3v) is 3.55. The Kier molecular flexibility index (Phi) is 2.59. The lowest BCUT2D eigenvalue weighted by Crippen LogP contribution is -2.37. The van der Waals surface area contributed by atoms with Gasteiger partial charge in [-0.25, -0.2) is 0 Å². The van der Waals surface area contributed by atoms with E-state index in [1.54, 1.807) is 6.92 Å². The van der Waals surface area contributed by atoms with Crippen LogP contribution in [0.2, 0.25) is 0 Å². The lowest BCUT2D eigenvalue weighted by Gasteiger charge is -2.19. The highest BCUT2D eigenvalue weighted by Gasteiger charge is 2.36. The molecule has 0 bridgehead atoms. The summed E-state index contributed by atoms with van der Waals surface area (Å²) in [5, 5.41) is 8.92. The third-order valence-electron chi connectivity index (χ3n) is 3.55. The Morgan fingerprint density at radius 3 is 2.29 bits per heavy atom. The number of rotatable bonds is 2. The van der Waals surface area contributed by atoms with Gasteiger partial charge >= 0.3 is 5.97 Å². The maximum absolute atomic E-state index is 10.8. The fourth-order valence-corrected chi connectivity index (χ4v) is 2.52. The van der Waals surface area contributed by atoms with Crippen LogP contribution in [0.1, 0.15) is 19.8 Å². The van der Waals surface area contributed by atoms with Gasteiger partial charge < -0.3 is 5.11 Å². The summed E-state index contributed by atoms with van der Waals surface area (Å²) in [5.41, 5.74) is 0. The first kappa shape index (κ1) is 9.71. The Morgan fingerprint density at radius 2 is 1.86 bits per heavy atom. The number of allylic oxidation sites excluding steroid dienone is 2. The van der Waals surface area contributed by atoms with Gasteiger partial charge in [-0.15, -0.1) is 0 Å². The molecule has 78 valence electrons. The maximum Gasteiger partial charge on any atom is 0.320 e. The number of hydrogen-bond donors (Lipinski definition) is 1. The van der Waals surface area contributed by atoms with Crippen molar-refractivity contribution in [3.05, 3.63) is 12.2 Å². The number of carboxylic acid groups (broad SMARTS) is 1. The number of carboxylic acids is 1. The molecule has 3 nitrogen and oxygen atoms in total. The average Bonchev–Trinajstić information content (AvgIpc) is 2.59. The maximum atomic E-state index is 10.8. The predicted molar refractivity (Wildman–Crippen MR) is 54.0 cm³/mol. The van der Waals surface area contributed by atoms with E-state index in [2.05, 4.69) is 17.1 Å². The summed E-state index contributed by atoms with van der Waals surface area (Å²) < 4.78 is 0. The van der Waals surface area contributed by atoms with E-state index in [-0.39, 0.29) is 6.04 Å². The first-order chi connectivity index (χ1) is 6.68. The van der Waals surface area contributed by atoms with Crippen molar-refractivity contribution in [2.24, 2.45) is 11.8 Å². The zero-order valence-corrected chi connectivity index (χ0v) is 8.52. The average molecular weight is 195 g/mol. The minimum Gasteiger partial charge on any atom is -0.480 e. The normalized spacial score (nSPS) is 34.1. The van der Waals surface area contributed by atoms with E-state index in [9.17, 15) is 4.79 Å². The molecule has 1 N–H and O–H groups in total. The van der Waals surface area contributed by atoms with Gasteiger partial charge in [0, 0.05) is 13.1 Å². The van der Waals surface area contributed by atoms with Crippen LogP contribution in [-0.4, -0.2) is 35.1 Å². The van der Waals surface area contributed by atoms with Crippen LogP contribution < -0.4 is 0 Å². The van der Waals surface area contributed by atoms with Crippen molar-refractivity contribution in [3.8, 4) is 0 Å². The van der Waals surface area contributed by atoms with Gasteiger partial charge in [0.2, 0.25) is 0 Å². The lowest BCUT2D eigenvalue weighted by molar-refractivity contribution is -0.142. The number of aliphatic carboxylic acids is 1. The summed E-state index contributed by atoms with van der Waals surface area (Å²) in [6.07, 6.45) is 6.73. The van der Waals surface area contributed by atoms with Gasteiger partial charge in [-0.2, -0.15) is 0 Å². The van der Waals surface area contributed by atoms with E-state index in [1.807, 2.05) is 0 Å². The molecule has 14 heavy (non-hydrogen) atoms. The summed E-state index contributed by atoms with van der Waals surface area (Å²) in [6.45, 7) is 3.71. The molecule has 2 aliphatic rings. The van der Waals surface area contributed by atoms with Crippen molar-refractivity contribution < 1.29 is 9.90 Å². The van der Waals surface area contributed by atoms with Gasteiger partial charge in [0.1, 0.15) is 6.04 Å². The molecule has 0 amide bonds. The second-order valence-electron chi connectivity index (χ2n) is 4.43. The van der Waals surface area contributed by atoms with Crippen LogP contribution in [0.3, 0.4) is 0 Å². The quantitative estimate of drug-likeness (QED) is 0.676. The number of nitrogens with zero attached hydrogens (tertiary/aromatic N) is 1.